The maximum atomic E-state index is 9.71. The van der Waals surface area contributed by atoms with Gasteiger partial charge < -0.3 is 15.2 Å². The van der Waals surface area contributed by atoms with Crippen LogP contribution >= 0.6 is 0 Å². The van der Waals surface area contributed by atoms with Crippen LogP contribution in [-0.4, -0.2) is 23.4 Å². The summed E-state index contributed by atoms with van der Waals surface area (Å²) in [6.45, 7) is 7.05. The lowest BCUT2D eigenvalue weighted by Gasteiger charge is -2.38. The largest absolute Gasteiger partial charge is 0.508 e. The summed E-state index contributed by atoms with van der Waals surface area (Å²) in [6.07, 6.45) is 3.06. The van der Waals surface area contributed by atoms with E-state index in [4.69, 9.17) is 4.74 Å². The van der Waals surface area contributed by atoms with Crippen molar-refractivity contribution in [3.05, 3.63) is 23.8 Å². The van der Waals surface area contributed by atoms with Crippen LogP contribution in [0.1, 0.15) is 38.7 Å². The molecule has 1 saturated heterocycles. The molecular weight excluding hydrogens is 226 g/mol. The predicted octanol–water partition coefficient (Wildman–Crippen LogP) is 3.46. The van der Waals surface area contributed by atoms with Crippen molar-refractivity contribution in [2.45, 2.75) is 51.7 Å². The van der Waals surface area contributed by atoms with Gasteiger partial charge in [0.15, 0.2) is 0 Å². The zero-order valence-electron chi connectivity index (χ0n) is 11.5. The zero-order valence-corrected chi connectivity index (χ0v) is 11.5. The van der Waals surface area contributed by atoms with E-state index in [0.29, 0.717) is 11.8 Å². The Bertz CT molecular complexity index is 419. The van der Waals surface area contributed by atoms with Crippen LogP contribution < -0.4 is 5.32 Å². The minimum atomic E-state index is -0.0113. The highest BCUT2D eigenvalue weighted by molar-refractivity contribution is 5.51. The van der Waals surface area contributed by atoms with Gasteiger partial charge >= 0.3 is 0 Å². The van der Waals surface area contributed by atoms with Crippen LogP contribution in [0.4, 0.5) is 5.69 Å². The van der Waals surface area contributed by atoms with Crippen molar-refractivity contribution in [1.82, 2.24) is 0 Å². The molecule has 1 aliphatic rings. The van der Waals surface area contributed by atoms with E-state index in [1.165, 1.54) is 0 Å². The average molecular weight is 249 g/mol. The van der Waals surface area contributed by atoms with Gasteiger partial charge in [0.25, 0.3) is 0 Å². The maximum absolute atomic E-state index is 9.71. The SMILES string of the molecule is CCC1(C)CC(Nc2ccc(C)c(O)c2)CCO1. The molecule has 2 atom stereocenters. The molecule has 0 bridgehead atoms. The van der Waals surface area contributed by atoms with Gasteiger partial charge in [0.05, 0.1) is 5.60 Å². The molecule has 0 radical (unpaired) electrons. The maximum Gasteiger partial charge on any atom is 0.120 e. The van der Waals surface area contributed by atoms with E-state index in [2.05, 4.69) is 19.2 Å². The van der Waals surface area contributed by atoms with Gasteiger partial charge in [-0.25, -0.2) is 0 Å². The lowest BCUT2D eigenvalue weighted by Crippen LogP contribution is -2.41. The number of phenolic OH excluding ortho intramolecular Hbond substituents is 1. The first-order valence-electron chi connectivity index (χ1n) is 6.72. The van der Waals surface area contributed by atoms with E-state index in [1.54, 1.807) is 6.07 Å². The Morgan fingerprint density at radius 1 is 1.50 bits per heavy atom. The molecule has 1 fully saturated rings. The summed E-state index contributed by atoms with van der Waals surface area (Å²) in [6, 6.07) is 6.18. The molecule has 3 nitrogen and oxygen atoms in total. The van der Waals surface area contributed by atoms with Crippen molar-refractivity contribution in [2.75, 3.05) is 11.9 Å². The average Bonchev–Trinajstić information content (AvgIpc) is 2.34. The van der Waals surface area contributed by atoms with Crippen molar-refractivity contribution in [1.29, 1.82) is 0 Å². The Morgan fingerprint density at radius 2 is 2.28 bits per heavy atom. The highest BCUT2D eigenvalue weighted by Gasteiger charge is 2.31. The van der Waals surface area contributed by atoms with Crippen LogP contribution in [0.5, 0.6) is 5.75 Å². The van der Waals surface area contributed by atoms with Crippen molar-refractivity contribution in [3.8, 4) is 5.75 Å². The Kier molecular flexibility index (Phi) is 3.81. The third kappa shape index (κ3) is 2.96. The number of ether oxygens (including phenoxy) is 1. The van der Waals surface area contributed by atoms with Gasteiger partial charge in [-0.05, 0) is 44.7 Å². The first-order chi connectivity index (χ1) is 8.52. The molecule has 2 unspecified atom stereocenters. The fraction of sp³-hybridized carbons (Fsp3) is 0.600. The molecule has 100 valence electrons. The number of benzene rings is 1. The van der Waals surface area contributed by atoms with Gasteiger partial charge in [-0.2, -0.15) is 0 Å². The van der Waals surface area contributed by atoms with Crippen molar-refractivity contribution < 1.29 is 9.84 Å². The molecule has 2 N–H and O–H groups in total. The summed E-state index contributed by atoms with van der Waals surface area (Å²) in [7, 11) is 0. The Morgan fingerprint density at radius 3 is 2.94 bits per heavy atom. The van der Waals surface area contributed by atoms with E-state index in [1.807, 2.05) is 19.1 Å². The third-order valence-electron chi connectivity index (χ3n) is 3.92. The van der Waals surface area contributed by atoms with Gasteiger partial charge in [0.2, 0.25) is 0 Å². The first kappa shape index (κ1) is 13.2. The molecule has 0 aromatic heterocycles. The fourth-order valence-corrected chi connectivity index (χ4v) is 2.43. The molecule has 0 aliphatic carbocycles. The molecule has 1 aromatic rings. The van der Waals surface area contributed by atoms with Crippen LogP contribution in [0.25, 0.3) is 0 Å². The van der Waals surface area contributed by atoms with Crippen molar-refractivity contribution in [3.63, 3.8) is 0 Å². The summed E-state index contributed by atoms with van der Waals surface area (Å²) < 4.78 is 5.84. The highest BCUT2D eigenvalue weighted by Crippen LogP contribution is 2.30. The van der Waals surface area contributed by atoms with Gasteiger partial charge in [-0.3, -0.25) is 0 Å². The quantitative estimate of drug-likeness (QED) is 0.862. The van der Waals surface area contributed by atoms with Gasteiger partial charge in [0, 0.05) is 24.4 Å². The lowest BCUT2D eigenvalue weighted by atomic mass is 9.90. The van der Waals surface area contributed by atoms with E-state index in [0.717, 1.165) is 37.1 Å². The molecular formula is C15H23NO2. The van der Waals surface area contributed by atoms with Crippen LogP contribution in [0.15, 0.2) is 18.2 Å². The number of aryl methyl sites for hydroxylation is 1. The number of rotatable bonds is 3. The number of hydrogen-bond donors (Lipinski definition) is 2. The lowest BCUT2D eigenvalue weighted by molar-refractivity contribution is -0.0708. The molecule has 0 spiro atoms. The normalized spacial score (nSPS) is 28.1. The van der Waals surface area contributed by atoms with E-state index < -0.39 is 0 Å². The molecule has 1 aliphatic heterocycles. The molecule has 1 heterocycles. The molecule has 3 heteroatoms. The monoisotopic (exact) mass is 249 g/mol. The van der Waals surface area contributed by atoms with Gasteiger partial charge in [0.1, 0.15) is 5.75 Å². The number of phenols is 1. The molecule has 0 amide bonds. The second-order valence-electron chi connectivity index (χ2n) is 5.49. The summed E-state index contributed by atoms with van der Waals surface area (Å²) in [5.41, 5.74) is 1.89. The van der Waals surface area contributed by atoms with Crippen LogP contribution in [0.2, 0.25) is 0 Å². The van der Waals surface area contributed by atoms with Crippen molar-refractivity contribution in [2.24, 2.45) is 0 Å². The van der Waals surface area contributed by atoms with E-state index >= 15 is 0 Å². The smallest absolute Gasteiger partial charge is 0.120 e. The predicted molar refractivity (Wildman–Crippen MR) is 74.1 cm³/mol. The summed E-state index contributed by atoms with van der Waals surface area (Å²) in [4.78, 5) is 0. The Balaban J connectivity index is 2.02. The Labute approximate surface area is 109 Å². The number of anilines is 1. The summed E-state index contributed by atoms with van der Waals surface area (Å²) in [5.74, 6) is 0.352. The van der Waals surface area contributed by atoms with Crippen LogP contribution in [-0.2, 0) is 4.74 Å². The van der Waals surface area contributed by atoms with E-state index in [9.17, 15) is 5.11 Å². The first-order valence-corrected chi connectivity index (χ1v) is 6.72. The fourth-order valence-electron chi connectivity index (χ4n) is 2.43. The summed E-state index contributed by atoms with van der Waals surface area (Å²) in [5, 5.41) is 13.2. The second kappa shape index (κ2) is 5.19. The standard InChI is InChI=1S/C15H23NO2/c1-4-15(3)10-13(7-8-18-15)16-12-6-5-11(2)14(17)9-12/h5-6,9,13,16-17H,4,7-8,10H2,1-3H3. The van der Waals surface area contributed by atoms with Crippen LogP contribution in [0.3, 0.4) is 0 Å². The van der Waals surface area contributed by atoms with E-state index in [-0.39, 0.29) is 5.60 Å². The highest BCUT2D eigenvalue weighted by atomic mass is 16.5. The van der Waals surface area contributed by atoms with Crippen LogP contribution in [0, 0.1) is 6.92 Å². The number of nitrogens with one attached hydrogen (secondary N) is 1. The molecule has 2 rings (SSSR count). The third-order valence-corrected chi connectivity index (χ3v) is 3.92. The second-order valence-corrected chi connectivity index (χ2v) is 5.49. The molecule has 1 aromatic carbocycles. The minimum Gasteiger partial charge on any atom is -0.508 e. The van der Waals surface area contributed by atoms with Gasteiger partial charge in [-0.15, -0.1) is 0 Å². The molecule has 0 saturated carbocycles. The van der Waals surface area contributed by atoms with Gasteiger partial charge in [-0.1, -0.05) is 13.0 Å². The topological polar surface area (TPSA) is 41.5 Å². The Hall–Kier alpha value is -1.22. The number of aromatic hydroxyl groups is 1. The van der Waals surface area contributed by atoms with Crippen molar-refractivity contribution >= 4 is 5.69 Å². The zero-order chi connectivity index (χ0) is 13.2. The number of hydrogen-bond acceptors (Lipinski definition) is 3. The summed E-state index contributed by atoms with van der Waals surface area (Å²) >= 11 is 0. The minimum absolute atomic E-state index is 0.0113. The molecule has 18 heavy (non-hydrogen) atoms.